The average Bonchev–Trinajstić information content (AvgIpc) is 1.85. The van der Waals surface area contributed by atoms with E-state index in [1.807, 2.05) is 13.8 Å². The smallest absolute Gasteiger partial charge is 0.306 e. The number of carbonyl (C=O) groups is 1. The molecular weight excluding hydrogens is 104 g/mol. The van der Waals surface area contributed by atoms with Crippen molar-refractivity contribution in [3.63, 3.8) is 0 Å². The zero-order chi connectivity index (χ0) is 6.15. The first kappa shape index (κ1) is 5.60. The summed E-state index contributed by atoms with van der Waals surface area (Å²) in [5.41, 5.74) is 0. The second kappa shape index (κ2) is 1.77. The van der Waals surface area contributed by atoms with Crippen LogP contribution in [0.4, 0.5) is 0 Å². The van der Waals surface area contributed by atoms with E-state index in [2.05, 4.69) is 0 Å². The van der Waals surface area contributed by atoms with Crippen LogP contribution in [0.3, 0.4) is 0 Å². The highest BCUT2D eigenvalue weighted by molar-refractivity contribution is 5.71. The SMILES string of the molecule is CC1OC(=O)C[C@@H]1C. The summed E-state index contributed by atoms with van der Waals surface area (Å²) >= 11 is 0. The molecule has 1 aliphatic heterocycles. The molecule has 1 heterocycles. The number of carbonyl (C=O) groups excluding carboxylic acids is 1. The lowest BCUT2D eigenvalue weighted by Crippen LogP contribution is -2.06. The molecule has 2 atom stereocenters. The van der Waals surface area contributed by atoms with Crippen molar-refractivity contribution in [2.75, 3.05) is 0 Å². The molecule has 0 amide bonds. The summed E-state index contributed by atoms with van der Waals surface area (Å²) in [6, 6.07) is 0. The molecule has 2 heteroatoms. The van der Waals surface area contributed by atoms with Gasteiger partial charge in [-0.2, -0.15) is 0 Å². The summed E-state index contributed by atoms with van der Waals surface area (Å²) in [6.45, 7) is 3.95. The molecule has 0 aromatic rings. The Kier molecular flexibility index (Phi) is 1.24. The summed E-state index contributed by atoms with van der Waals surface area (Å²) in [7, 11) is 0. The lowest BCUT2D eigenvalue weighted by molar-refractivity contribution is -0.140. The van der Waals surface area contributed by atoms with Crippen LogP contribution in [0.5, 0.6) is 0 Å². The van der Waals surface area contributed by atoms with Gasteiger partial charge in [0.05, 0.1) is 6.42 Å². The van der Waals surface area contributed by atoms with Crippen molar-refractivity contribution < 1.29 is 9.53 Å². The summed E-state index contributed by atoms with van der Waals surface area (Å²) in [5.74, 6) is 0.368. The van der Waals surface area contributed by atoms with Gasteiger partial charge in [-0.15, -0.1) is 0 Å². The minimum Gasteiger partial charge on any atom is -0.462 e. The highest BCUT2D eigenvalue weighted by Gasteiger charge is 2.26. The molecule has 1 fully saturated rings. The third-order valence-electron chi connectivity index (χ3n) is 1.61. The molecule has 1 saturated heterocycles. The van der Waals surface area contributed by atoms with Crippen molar-refractivity contribution >= 4 is 5.97 Å². The highest BCUT2D eigenvalue weighted by atomic mass is 16.5. The van der Waals surface area contributed by atoms with Crippen molar-refractivity contribution in [1.82, 2.24) is 0 Å². The number of esters is 1. The molecule has 46 valence electrons. The number of hydrogen-bond acceptors (Lipinski definition) is 2. The summed E-state index contributed by atoms with van der Waals surface area (Å²) in [5, 5.41) is 0. The zero-order valence-corrected chi connectivity index (χ0v) is 5.18. The molecular formula is C6H10O2. The summed E-state index contributed by atoms with van der Waals surface area (Å²) in [4.78, 5) is 10.4. The normalized spacial score (nSPS) is 37.5. The fourth-order valence-electron chi connectivity index (χ4n) is 0.800. The largest absolute Gasteiger partial charge is 0.462 e. The fraction of sp³-hybridized carbons (Fsp3) is 0.833. The number of rotatable bonds is 0. The Morgan fingerprint density at radius 3 is 2.38 bits per heavy atom. The molecule has 8 heavy (non-hydrogen) atoms. The first-order chi connectivity index (χ1) is 3.70. The maximum absolute atomic E-state index is 10.4. The molecule has 1 rings (SSSR count). The van der Waals surface area contributed by atoms with Crippen molar-refractivity contribution in [3.8, 4) is 0 Å². The van der Waals surface area contributed by atoms with Crippen LogP contribution < -0.4 is 0 Å². The van der Waals surface area contributed by atoms with Crippen LogP contribution in [0.1, 0.15) is 20.3 Å². The van der Waals surface area contributed by atoms with Crippen molar-refractivity contribution in [3.05, 3.63) is 0 Å². The lowest BCUT2D eigenvalue weighted by atomic mass is 10.1. The molecule has 1 unspecified atom stereocenters. The standard InChI is InChI=1S/C6H10O2/c1-4-3-6(7)8-5(4)2/h4-5H,3H2,1-2H3/t4-,5?/m0/s1. The Morgan fingerprint density at radius 1 is 1.62 bits per heavy atom. The van der Waals surface area contributed by atoms with Gasteiger partial charge >= 0.3 is 5.97 Å². The monoisotopic (exact) mass is 114 g/mol. The van der Waals surface area contributed by atoms with Gasteiger partial charge in [-0.1, -0.05) is 6.92 Å². The number of cyclic esters (lactones) is 1. The Bertz CT molecular complexity index is 97.1. The van der Waals surface area contributed by atoms with E-state index in [1.165, 1.54) is 0 Å². The first-order valence-electron chi connectivity index (χ1n) is 2.89. The van der Waals surface area contributed by atoms with Gasteiger partial charge in [0.15, 0.2) is 0 Å². The second-order valence-electron chi connectivity index (χ2n) is 2.38. The summed E-state index contributed by atoms with van der Waals surface area (Å²) < 4.78 is 4.83. The van der Waals surface area contributed by atoms with E-state index in [9.17, 15) is 4.79 Å². The van der Waals surface area contributed by atoms with Crippen molar-refractivity contribution in [1.29, 1.82) is 0 Å². The van der Waals surface area contributed by atoms with E-state index >= 15 is 0 Å². The highest BCUT2D eigenvalue weighted by Crippen LogP contribution is 2.19. The van der Waals surface area contributed by atoms with Gasteiger partial charge in [0, 0.05) is 5.92 Å². The third-order valence-corrected chi connectivity index (χ3v) is 1.61. The van der Waals surface area contributed by atoms with Crippen molar-refractivity contribution in [2.24, 2.45) is 5.92 Å². The van der Waals surface area contributed by atoms with Crippen LogP contribution in [-0.2, 0) is 9.53 Å². The zero-order valence-electron chi connectivity index (χ0n) is 5.18. The van der Waals surface area contributed by atoms with Gasteiger partial charge in [0.2, 0.25) is 0 Å². The number of hydrogen-bond donors (Lipinski definition) is 0. The fourth-order valence-corrected chi connectivity index (χ4v) is 0.800. The Morgan fingerprint density at radius 2 is 2.25 bits per heavy atom. The predicted octanol–water partition coefficient (Wildman–Crippen LogP) is 0.958. The van der Waals surface area contributed by atoms with E-state index in [0.29, 0.717) is 12.3 Å². The van der Waals surface area contributed by atoms with Gasteiger partial charge in [0.25, 0.3) is 0 Å². The van der Waals surface area contributed by atoms with E-state index in [1.54, 1.807) is 0 Å². The van der Waals surface area contributed by atoms with E-state index in [-0.39, 0.29) is 12.1 Å². The van der Waals surface area contributed by atoms with E-state index < -0.39 is 0 Å². The van der Waals surface area contributed by atoms with Crippen LogP contribution in [0.25, 0.3) is 0 Å². The number of ether oxygens (including phenoxy) is 1. The molecule has 1 aliphatic rings. The second-order valence-corrected chi connectivity index (χ2v) is 2.38. The molecule has 2 nitrogen and oxygen atoms in total. The Balaban J connectivity index is 2.51. The third kappa shape index (κ3) is 0.831. The molecule has 0 radical (unpaired) electrons. The molecule has 0 saturated carbocycles. The quantitative estimate of drug-likeness (QED) is 0.438. The van der Waals surface area contributed by atoms with Gasteiger partial charge in [0.1, 0.15) is 6.10 Å². The minimum atomic E-state index is -0.0509. The molecule has 0 aromatic heterocycles. The van der Waals surface area contributed by atoms with Gasteiger partial charge in [-0.25, -0.2) is 0 Å². The molecule has 0 aliphatic carbocycles. The Labute approximate surface area is 48.8 Å². The van der Waals surface area contributed by atoms with E-state index in [4.69, 9.17) is 4.74 Å². The maximum atomic E-state index is 10.4. The van der Waals surface area contributed by atoms with Crippen LogP contribution in [0.2, 0.25) is 0 Å². The summed E-state index contributed by atoms with van der Waals surface area (Å²) in [6.07, 6.45) is 0.740. The first-order valence-corrected chi connectivity index (χ1v) is 2.89. The molecule has 0 bridgehead atoms. The predicted molar refractivity (Wildman–Crippen MR) is 29.3 cm³/mol. The van der Waals surface area contributed by atoms with Crippen LogP contribution in [0, 0.1) is 5.92 Å². The van der Waals surface area contributed by atoms with Crippen LogP contribution in [0.15, 0.2) is 0 Å². The van der Waals surface area contributed by atoms with Crippen molar-refractivity contribution in [2.45, 2.75) is 26.4 Å². The topological polar surface area (TPSA) is 26.3 Å². The molecule has 0 N–H and O–H groups in total. The van der Waals surface area contributed by atoms with Gasteiger partial charge in [-0.3, -0.25) is 4.79 Å². The lowest BCUT2D eigenvalue weighted by Gasteiger charge is -2.03. The van der Waals surface area contributed by atoms with Crippen LogP contribution in [-0.4, -0.2) is 12.1 Å². The maximum Gasteiger partial charge on any atom is 0.306 e. The molecule has 0 aromatic carbocycles. The Hall–Kier alpha value is -0.530. The van der Waals surface area contributed by atoms with Gasteiger partial charge in [-0.05, 0) is 6.92 Å². The average molecular weight is 114 g/mol. The minimum absolute atomic E-state index is 0.0509. The molecule has 0 spiro atoms. The van der Waals surface area contributed by atoms with Crippen LogP contribution >= 0.6 is 0 Å². The van der Waals surface area contributed by atoms with Gasteiger partial charge < -0.3 is 4.74 Å². The van der Waals surface area contributed by atoms with E-state index in [0.717, 1.165) is 0 Å².